The number of piperazine rings is 1. The molecule has 1 fully saturated rings. The second-order valence-electron chi connectivity index (χ2n) is 6.17. The molecule has 1 amide bonds. The number of carbonyl (C=O) groups excluding carboxylic acids is 1. The Balaban J connectivity index is 1.77. The van der Waals surface area contributed by atoms with Crippen molar-refractivity contribution in [3.8, 4) is 0 Å². The Morgan fingerprint density at radius 1 is 1.21 bits per heavy atom. The van der Waals surface area contributed by atoms with E-state index in [0.29, 0.717) is 26.2 Å². The molecule has 0 saturated carbocycles. The van der Waals surface area contributed by atoms with Gasteiger partial charge >= 0.3 is 0 Å². The number of carbonyl (C=O) groups is 1. The molecule has 1 aliphatic rings. The van der Waals surface area contributed by atoms with Crippen LogP contribution in [0.25, 0.3) is 0 Å². The van der Waals surface area contributed by atoms with Crippen LogP contribution in [-0.2, 0) is 14.8 Å². The number of aryl methyl sites for hydroxylation is 1. The lowest BCUT2D eigenvalue weighted by atomic mass is 10.2. The van der Waals surface area contributed by atoms with Crippen molar-refractivity contribution in [1.82, 2.24) is 14.5 Å². The molecule has 0 spiro atoms. The van der Waals surface area contributed by atoms with Gasteiger partial charge in [-0.2, -0.15) is 0 Å². The van der Waals surface area contributed by atoms with Crippen molar-refractivity contribution in [1.29, 1.82) is 0 Å². The van der Waals surface area contributed by atoms with E-state index in [9.17, 15) is 13.2 Å². The molecule has 1 unspecified atom stereocenters. The summed E-state index contributed by atoms with van der Waals surface area (Å²) >= 11 is 0. The topological polar surface area (TPSA) is 95.7 Å². The van der Waals surface area contributed by atoms with E-state index in [4.69, 9.17) is 5.73 Å². The Bertz CT molecular complexity index is 650. The molecule has 1 aromatic rings. The molecule has 3 N–H and O–H groups in total. The molecule has 0 bridgehead atoms. The van der Waals surface area contributed by atoms with Crippen LogP contribution in [0.1, 0.15) is 12.5 Å². The first-order chi connectivity index (χ1) is 11.3. The number of benzene rings is 1. The molecule has 2 rings (SSSR count). The second kappa shape index (κ2) is 8.06. The van der Waals surface area contributed by atoms with Crippen LogP contribution in [-0.4, -0.2) is 69.4 Å². The highest BCUT2D eigenvalue weighted by Crippen LogP contribution is 2.09. The van der Waals surface area contributed by atoms with Crippen molar-refractivity contribution >= 4 is 15.9 Å². The summed E-state index contributed by atoms with van der Waals surface area (Å²) in [6.45, 7) is 7.28. The maximum Gasteiger partial charge on any atom is 0.240 e. The van der Waals surface area contributed by atoms with Crippen LogP contribution in [0.15, 0.2) is 29.2 Å². The summed E-state index contributed by atoms with van der Waals surface area (Å²) in [5.41, 5.74) is 6.63. The number of rotatable bonds is 6. The monoisotopic (exact) mass is 354 g/mol. The predicted octanol–water partition coefficient (Wildman–Crippen LogP) is -0.235. The van der Waals surface area contributed by atoms with Gasteiger partial charge in [0.15, 0.2) is 0 Å². The highest BCUT2D eigenvalue weighted by Gasteiger charge is 2.23. The first-order valence-corrected chi connectivity index (χ1v) is 9.61. The van der Waals surface area contributed by atoms with E-state index < -0.39 is 16.1 Å². The molecular weight excluding hydrogens is 328 g/mol. The zero-order chi connectivity index (χ0) is 17.7. The van der Waals surface area contributed by atoms with Crippen molar-refractivity contribution in [2.75, 3.05) is 39.3 Å². The second-order valence-corrected chi connectivity index (χ2v) is 7.93. The lowest BCUT2D eigenvalue weighted by Gasteiger charge is -2.35. The normalized spacial score (nSPS) is 17.7. The smallest absolute Gasteiger partial charge is 0.240 e. The zero-order valence-electron chi connectivity index (χ0n) is 14.2. The van der Waals surface area contributed by atoms with Crippen molar-refractivity contribution in [2.24, 2.45) is 5.73 Å². The average Bonchev–Trinajstić information content (AvgIpc) is 2.55. The quantitative estimate of drug-likeness (QED) is 0.735. The van der Waals surface area contributed by atoms with E-state index in [1.54, 1.807) is 36.1 Å². The summed E-state index contributed by atoms with van der Waals surface area (Å²) in [5.74, 6) is -0.0327. The first-order valence-electron chi connectivity index (χ1n) is 8.12. The highest BCUT2D eigenvalue weighted by molar-refractivity contribution is 7.89. The van der Waals surface area contributed by atoms with Crippen LogP contribution >= 0.6 is 0 Å². The van der Waals surface area contributed by atoms with Crippen LogP contribution in [0.4, 0.5) is 0 Å². The van der Waals surface area contributed by atoms with Gasteiger partial charge in [-0.3, -0.25) is 9.69 Å². The molecule has 0 radical (unpaired) electrons. The third kappa shape index (κ3) is 5.01. The maximum atomic E-state index is 12.2. The third-order valence-corrected chi connectivity index (χ3v) is 5.60. The van der Waals surface area contributed by atoms with Gasteiger partial charge in [-0.25, -0.2) is 13.1 Å². The van der Waals surface area contributed by atoms with Gasteiger partial charge in [-0.15, -0.1) is 0 Å². The third-order valence-electron chi connectivity index (χ3n) is 4.12. The number of nitrogens with one attached hydrogen (secondary N) is 1. The van der Waals surface area contributed by atoms with E-state index in [-0.39, 0.29) is 10.8 Å². The van der Waals surface area contributed by atoms with Gasteiger partial charge in [-0.05, 0) is 26.0 Å². The Morgan fingerprint density at radius 3 is 2.33 bits per heavy atom. The van der Waals surface area contributed by atoms with E-state index in [1.165, 1.54) is 0 Å². The summed E-state index contributed by atoms with van der Waals surface area (Å²) < 4.78 is 27.0. The van der Waals surface area contributed by atoms with Crippen LogP contribution in [0.5, 0.6) is 0 Å². The van der Waals surface area contributed by atoms with E-state index in [1.807, 2.05) is 6.92 Å². The molecule has 134 valence electrons. The number of amides is 1. The average molecular weight is 354 g/mol. The fourth-order valence-corrected chi connectivity index (χ4v) is 3.64. The zero-order valence-corrected chi connectivity index (χ0v) is 15.1. The van der Waals surface area contributed by atoms with Gasteiger partial charge in [0.1, 0.15) is 0 Å². The van der Waals surface area contributed by atoms with Crippen molar-refractivity contribution < 1.29 is 13.2 Å². The summed E-state index contributed by atoms with van der Waals surface area (Å²) in [7, 11) is -3.47. The van der Waals surface area contributed by atoms with Crippen molar-refractivity contribution in [3.63, 3.8) is 0 Å². The number of nitrogens with zero attached hydrogens (tertiary/aromatic N) is 2. The fourth-order valence-electron chi connectivity index (χ4n) is 2.62. The Kier molecular flexibility index (Phi) is 6.34. The van der Waals surface area contributed by atoms with E-state index in [2.05, 4.69) is 9.62 Å². The molecule has 0 aromatic heterocycles. The minimum Gasteiger partial charge on any atom is -0.339 e. The van der Waals surface area contributed by atoms with Crippen LogP contribution in [0.3, 0.4) is 0 Å². The van der Waals surface area contributed by atoms with Gasteiger partial charge in [0.25, 0.3) is 0 Å². The maximum absolute atomic E-state index is 12.2. The minimum absolute atomic E-state index is 0.0327. The molecule has 0 aliphatic carbocycles. The van der Waals surface area contributed by atoms with Gasteiger partial charge in [-0.1, -0.05) is 17.7 Å². The molecule has 1 saturated heterocycles. The molecule has 1 heterocycles. The van der Waals surface area contributed by atoms with Gasteiger partial charge in [0, 0.05) is 39.3 Å². The molecular formula is C16H26N4O3S. The number of nitrogens with two attached hydrogens (primary N) is 1. The highest BCUT2D eigenvalue weighted by atomic mass is 32.2. The molecule has 1 aromatic carbocycles. The summed E-state index contributed by atoms with van der Waals surface area (Å²) in [6.07, 6.45) is 0. The van der Waals surface area contributed by atoms with Gasteiger partial charge in [0.2, 0.25) is 15.9 Å². The lowest BCUT2D eigenvalue weighted by molar-refractivity contribution is -0.133. The van der Waals surface area contributed by atoms with Gasteiger partial charge < -0.3 is 10.6 Å². The summed E-state index contributed by atoms with van der Waals surface area (Å²) in [4.78, 5) is 16.0. The van der Waals surface area contributed by atoms with Crippen LogP contribution in [0.2, 0.25) is 0 Å². The number of hydrogen-bond donors (Lipinski definition) is 2. The Hall–Kier alpha value is -1.48. The minimum atomic E-state index is -3.47. The largest absolute Gasteiger partial charge is 0.339 e. The molecule has 1 aliphatic heterocycles. The van der Waals surface area contributed by atoms with Crippen molar-refractivity contribution in [2.45, 2.75) is 24.8 Å². The Labute approximate surface area is 143 Å². The number of hydrogen-bond acceptors (Lipinski definition) is 5. The molecule has 1 atom stereocenters. The summed E-state index contributed by atoms with van der Waals surface area (Å²) in [5, 5.41) is 0. The van der Waals surface area contributed by atoms with Gasteiger partial charge in [0.05, 0.1) is 10.9 Å². The lowest BCUT2D eigenvalue weighted by Crippen LogP contribution is -2.53. The van der Waals surface area contributed by atoms with E-state index >= 15 is 0 Å². The standard InChI is InChI=1S/C16H26N4O3S/c1-13-3-5-15(6-4-13)24(22,23)18-7-8-19-9-11-20(12-10-19)16(21)14(2)17/h3-6,14,18H,7-12,17H2,1-2H3. The Morgan fingerprint density at radius 2 is 1.79 bits per heavy atom. The predicted molar refractivity (Wildman–Crippen MR) is 93.0 cm³/mol. The van der Waals surface area contributed by atoms with Crippen LogP contribution < -0.4 is 10.5 Å². The SMILES string of the molecule is Cc1ccc(S(=O)(=O)NCCN2CCN(C(=O)C(C)N)CC2)cc1. The summed E-state index contributed by atoms with van der Waals surface area (Å²) in [6, 6.07) is 6.30. The molecule has 8 heteroatoms. The van der Waals surface area contributed by atoms with Crippen LogP contribution in [0, 0.1) is 6.92 Å². The fraction of sp³-hybridized carbons (Fsp3) is 0.562. The molecule has 24 heavy (non-hydrogen) atoms. The number of sulfonamides is 1. The molecule has 7 nitrogen and oxygen atoms in total. The van der Waals surface area contributed by atoms with E-state index in [0.717, 1.165) is 18.7 Å². The van der Waals surface area contributed by atoms with Crippen molar-refractivity contribution in [3.05, 3.63) is 29.8 Å². The first kappa shape index (κ1) is 18.9.